The molecular formula is C12H21N3O3S. The number of nitrogens with one attached hydrogen (secondary N) is 1. The minimum Gasteiger partial charge on any atom is -0.490 e. The van der Waals surface area contributed by atoms with Crippen molar-refractivity contribution in [1.29, 1.82) is 0 Å². The number of rotatable bonds is 7. The number of hydrogen-bond acceptors (Lipinski definition) is 4. The highest BCUT2D eigenvalue weighted by molar-refractivity contribution is 7.87. The van der Waals surface area contributed by atoms with Crippen molar-refractivity contribution in [3.05, 3.63) is 24.3 Å². The molecule has 0 aliphatic heterocycles. The normalized spacial score (nSPS) is 12.1. The van der Waals surface area contributed by atoms with Crippen molar-refractivity contribution in [1.82, 2.24) is 9.03 Å². The van der Waals surface area contributed by atoms with Crippen LogP contribution in [0.3, 0.4) is 0 Å². The molecule has 0 atom stereocenters. The van der Waals surface area contributed by atoms with Crippen molar-refractivity contribution >= 4 is 15.9 Å². The van der Waals surface area contributed by atoms with Crippen LogP contribution in [0.1, 0.15) is 13.8 Å². The average Bonchev–Trinajstić information content (AvgIpc) is 2.35. The van der Waals surface area contributed by atoms with E-state index in [1.165, 1.54) is 11.4 Å². The summed E-state index contributed by atoms with van der Waals surface area (Å²) in [6.45, 7) is 4.02. The molecule has 0 aliphatic rings. The van der Waals surface area contributed by atoms with Gasteiger partial charge in [0.1, 0.15) is 12.4 Å². The monoisotopic (exact) mass is 287 g/mol. The first-order valence-electron chi connectivity index (χ1n) is 6.04. The Labute approximate surface area is 114 Å². The number of nitrogens with two attached hydrogens (primary N) is 1. The molecule has 0 fully saturated rings. The van der Waals surface area contributed by atoms with Crippen LogP contribution in [-0.4, -0.2) is 39.0 Å². The van der Waals surface area contributed by atoms with Gasteiger partial charge in [-0.3, -0.25) is 0 Å². The molecule has 0 amide bonds. The lowest BCUT2D eigenvalue weighted by Gasteiger charge is -2.21. The van der Waals surface area contributed by atoms with E-state index in [1.807, 2.05) is 12.1 Å². The predicted molar refractivity (Wildman–Crippen MR) is 76.2 cm³/mol. The van der Waals surface area contributed by atoms with Crippen LogP contribution in [0.2, 0.25) is 0 Å². The Morgan fingerprint density at radius 2 is 2.00 bits per heavy atom. The van der Waals surface area contributed by atoms with Crippen LogP contribution in [0.15, 0.2) is 24.3 Å². The van der Waals surface area contributed by atoms with Gasteiger partial charge in [-0.25, -0.2) is 0 Å². The molecule has 0 heterocycles. The van der Waals surface area contributed by atoms with Gasteiger partial charge in [0, 0.05) is 19.6 Å². The maximum atomic E-state index is 11.8. The van der Waals surface area contributed by atoms with Gasteiger partial charge in [0.15, 0.2) is 0 Å². The molecule has 6 nitrogen and oxygen atoms in total. The van der Waals surface area contributed by atoms with Gasteiger partial charge >= 0.3 is 0 Å². The van der Waals surface area contributed by atoms with Gasteiger partial charge in [-0.15, -0.1) is 0 Å². The van der Waals surface area contributed by atoms with E-state index in [9.17, 15) is 8.42 Å². The van der Waals surface area contributed by atoms with Gasteiger partial charge in [-0.1, -0.05) is 12.1 Å². The molecule has 0 aromatic heterocycles. The summed E-state index contributed by atoms with van der Waals surface area (Å²) in [5, 5.41) is 0. The highest BCUT2D eigenvalue weighted by atomic mass is 32.2. The molecule has 1 rings (SSSR count). The molecule has 0 radical (unpaired) electrons. The van der Waals surface area contributed by atoms with E-state index in [1.54, 1.807) is 26.0 Å². The summed E-state index contributed by atoms with van der Waals surface area (Å²) in [5.41, 5.74) is 6.24. The third-order valence-corrected chi connectivity index (χ3v) is 4.42. The summed E-state index contributed by atoms with van der Waals surface area (Å²) in [5.74, 6) is 0.555. The number of benzene rings is 1. The first-order chi connectivity index (χ1) is 8.84. The molecule has 0 saturated heterocycles. The van der Waals surface area contributed by atoms with E-state index >= 15 is 0 Å². The minimum absolute atomic E-state index is 0.0943. The van der Waals surface area contributed by atoms with Crippen molar-refractivity contribution < 1.29 is 13.2 Å². The molecule has 0 bridgehead atoms. The second kappa shape index (κ2) is 6.74. The lowest BCUT2D eigenvalue weighted by atomic mass is 10.3. The van der Waals surface area contributed by atoms with Gasteiger partial charge in [0.25, 0.3) is 10.2 Å². The molecule has 1 aromatic carbocycles. The largest absolute Gasteiger partial charge is 0.490 e. The molecule has 0 saturated carbocycles. The highest BCUT2D eigenvalue weighted by Crippen LogP contribution is 2.19. The number of anilines is 1. The zero-order valence-corrected chi connectivity index (χ0v) is 12.3. The summed E-state index contributed by atoms with van der Waals surface area (Å²) in [4.78, 5) is 0. The molecule has 0 aliphatic carbocycles. The van der Waals surface area contributed by atoms with E-state index in [0.717, 1.165) is 0 Å². The maximum Gasteiger partial charge on any atom is 0.279 e. The zero-order valence-electron chi connectivity index (χ0n) is 11.5. The molecule has 0 spiro atoms. The summed E-state index contributed by atoms with van der Waals surface area (Å²) < 4.78 is 32.7. The number of nitrogen functional groups attached to an aromatic ring is 1. The van der Waals surface area contributed by atoms with Gasteiger partial charge in [0.05, 0.1) is 5.69 Å². The van der Waals surface area contributed by atoms with E-state index in [4.69, 9.17) is 10.5 Å². The molecule has 19 heavy (non-hydrogen) atoms. The van der Waals surface area contributed by atoms with Crippen molar-refractivity contribution in [2.24, 2.45) is 0 Å². The van der Waals surface area contributed by atoms with E-state index in [-0.39, 0.29) is 19.2 Å². The molecule has 0 unspecified atom stereocenters. The fraction of sp³-hybridized carbons (Fsp3) is 0.500. The topological polar surface area (TPSA) is 84.7 Å². The third-order valence-electron chi connectivity index (χ3n) is 2.67. The Hall–Kier alpha value is -1.31. The summed E-state index contributed by atoms with van der Waals surface area (Å²) in [6.07, 6.45) is 0. The smallest absolute Gasteiger partial charge is 0.279 e. The molecule has 7 heteroatoms. The van der Waals surface area contributed by atoms with E-state index in [2.05, 4.69) is 4.72 Å². The van der Waals surface area contributed by atoms with Crippen molar-refractivity contribution in [2.45, 2.75) is 19.9 Å². The summed E-state index contributed by atoms with van der Waals surface area (Å²) >= 11 is 0. The minimum atomic E-state index is -3.45. The first kappa shape index (κ1) is 15.7. The fourth-order valence-corrected chi connectivity index (χ4v) is 2.42. The second-order valence-corrected chi connectivity index (χ2v) is 6.21. The van der Waals surface area contributed by atoms with Crippen LogP contribution >= 0.6 is 0 Å². The SMILES string of the molecule is CC(C)N(C)S(=O)(=O)NCCOc1ccccc1N. The van der Waals surface area contributed by atoms with Crippen LogP contribution in [0.25, 0.3) is 0 Å². The first-order valence-corrected chi connectivity index (χ1v) is 7.48. The predicted octanol–water partition coefficient (Wildman–Crippen LogP) is 0.822. The van der Waals surface area contributed by atoms with Crippen LogP contribution in [0.4, 0.5) is 5.69 Å². The fourth-order valence-electron chi connectivity index (χ4n) is 1.32. The van der Waals surface area contributed by atoms with E-state index in [0.29, 0.717) is 11.4 Å². The third kappa shape index (κ3) is 4.70. The molecule has 3 N–H and O–H groups in total. The van der Waals surface area contributed by atoms with Crippen molar-refractivity contribution in [2.75, 3.05) is 25.9 Å². The Kier molecular flexibility index (Phi) is 5.59. The van der Waals surface area contributed by atoms with Crippen molar-refractivity contribution in [3.63, 3.8) is 0 Å². The highest BCUT2D eigenvalue weighted by Gasteiger charge is 2.19. The van der Waals surface area contributed by atoms with Crippen molar-refractivity contribution in [3.8, 4) is 5.75 Å². The molecule has 1 aromatic rings. The van der Waals surface area contributed by atoms with Gasteiger partial charge < -0.3 is 10.5 Å². The average molecular weight is 287 g/mol. The van der Waals surface area contributed by atoms with Gasteiger partial charge in [-0.2, -0.15) is 17.4 Å². The summed E-state index contributed by atoms with van der Waals surface area (Å²) in [7, 11) is -1.92. The van der Waals surface area contributed by atoms with Crippen LogP contribution in [0, 0.1) is 0 Å². The van der Waals surface area contributed by atoms with E-state index < -0.39 is 10.2 Å². The Morgan fingerprint density at radius 3 is 2.58 bits per heavy atom. The van der Waals surface area contributed by atoms with Gasteiger partial charge in [-0.05, 0) is 26.0 Å². The van der Waals surface area contributed by atoms with Gasteiger partial charge in [0.2, 0.25) is 0 Å². The Morgan fingerprint density at radius 1 is 1.37 bits per heavy atom. The number of nitrogens with zero attached hydrogens (tertiary/aromatic N) is 1. The lowest BCUT2D eigenvalue weighted by molar-refractivity contribution is 0.320. The maximum absolute atomic E-state index is 11.8. The molecule has 108 valence electrons. The molecular weight excluding hydrogens is 266 g/mol. The number of hydrogen-bond donors (Lipinski definition) is 2. The lowest BCUT2D eigenvalue weighted by Crippen LogP contribution is -2.43. The summed E-state index contributed by atoms with van der Waals surface area (Å²) in [6, 6.07) is 6.99. The zero-order chi connectivity index (χ0) is 14.5. The van der Waals surface area contributed by atoms with Crippen LogP contribution in [0.5, 0.6) is 5.75 Å². The number of ether oxygens (including phenoxy) is 1. The van der Waals surface area contributed by atoms with Crippen LogP contribution in [-0.2, 0) is 10.2 Å². The number of para-hydroxylation sites is 2. The van der Waals surface area contributed by atoms with Crippen LogP contribution < -0.4 is 15.2 Å². The Bertz CT molecular complexity index is 503. The standard InChI is InChI=1S/C12H21N3O3S/c1-10(2)15(3)19(16,17)14-8-9-18-12-7-5-4-6-11(12)13/h4-7,10,14H,8-9,13H2,1-3H3. The Balaban J connectivity index is 2.42. The quantitative estimate of drug-likeness (QED) is 0.574. The second-order valence-electron chi connectivity index (χ2n) is 4.40.